The monoisotopic (exact) mass is 283 g/mol. The molecule has 1 heterocycles. The van der Waals surface area contributed by atoms with Gasteiger partial charge in [-0.3, -0.25) is 0 Å². The highest BCUT2D eigenvalue weighted by Crippen LogP contribution is 2.23. The van der Waals surface area contributed by atoms with Crippen LogP contribution in [-0.2, 0) is 6.42 Å². The highest BCUT2D eigenvalue weighted by Gasteiger charge is 2.11. The molecular formula is C13H15ClFN3O. The van der Waals surface area contributed by atoms with Gasteiger partial charge in [0.1, 0.15) is 5.82 Å². The Morgan fingerprint density at radius 2 is 2.26 bits per heavy atom. The van der Waals surface area contributed by atoms with Crippen molar-refractivity contribution in [2.75, 3.05) is 6.54 Å². The van der Waals surface area contributed by atoms with Crippen molar-refractivity contribution in [2.45, 2.75) is 19.8 Å². The molecule has 2 rings (SSSR count). The fourth-order valence-electron chi connectivity index (χ4n) is 1.60. The van der Waals surface area contributed by atoms with E-state index in [1.807, 2.05) is 0 Å². The van der Waals surface area contributed by atoms with E-state index in [4.69, 9.17) is 21.9 Å². The number of aryl methyl sites for hydroxylation is 1. The predicted molar refractivity (Wildman–Crippen MR) is 71.2 cm³/mol. The summed E-state index contributed by atoms with van der Waals surface area (Å²) in [6, 6.07) is 4.33. The number of rotatable bonds is 5. The molecule has 0 aliphatic carbocycles. The summed E-state index contributed by atoms with van der Waals surface area (Å²) in [5.74, 6) is 0.912. The first kappa shape index (κ1) is 14.0. The van der Waals surface area contributed by atoms with Crippen LogP contribution < -0.4 is 5.73 Å². The lowest BCUT2D eigenvalue weighted by atomic mass is 10.1. The van der Waals surface area contributed by atoms with Crippen molar-refractivity contribution < 1.29 is 8.91 Å². The van der Waals surface area contributed by atoms with Crippen LogP contribution in [0.15, 0.2) is 22.7 Å². The lowest BCUT2D eigenvalue weighted by molar-refractivity contribution is 0.366. The molecule has 0 aliphatic rings. The molecule has 1 unspecified atom stereocenters. The molecule has 6 heteroatoms. The Morgan fingerprint density at radius 3 is 2.95 bits per heavy atom. The molecule has 0 aliphatic heterocycles. The molecule has 0 radical (unpaired) electrons. The van der Waals surface area contributed by atoms with E-state index in [-0.39, 0.29) is 5.02 Å². The number of benzene rings is 1. The summed E-state index contributed by atoms with van der Waals surface area (Å²) < 4.78 is 18.2. The highest BCUT2D eigenvalue weighted by molar-refractivity contribution is 6.31. The van der Waals surface area contributed by atoms with Gasteiger partial charge in [0.2, 0.25) is 11.7 Å². The summed E-state index contributed by atoms with van der Waals surface area (Å²) in [5, 5.41) is 3.90. The zero-order chi connectivity index (χ0) is 13.8. The van der Waals surface area contributed by atoms with Gasteiger partial charge in [-0.05, 0) is 37.1 Å². The molecule has 4 nitrogen and oxygen atoms in total. The Labute approximate surface area is 115 Å². The number of hydrogen-bond donors (Lipinski definition) is 1. The van der Waals surface area contributed by atoms with E-state index in [1.54, 1.807) is 6.07 Å². The Bertz CT molecular complexity index is 559. The maximum Gasteiger partial charge on any atom is 0.226 e. The van der Waals surface area contributed by atoms with Crippen LogP contribution in [0.5, 0.6) is 0 Å². The van der Waals surface area contributed by atoms with Gasteiger partial charge in [-0.2, -0.15) is 4.98 Å². The van der Waals surface area contributed by atoms with Crippen LogP contribution >= 0.6 is 11.6 Å². The van der Waals surface area contributed by atoms with Gasteiger partial charge in [0.15, 0.2) is 0 Å². The van der Waals surface area contributed by atoms with E-state index in [2.05, 4.69) is 17.1 Å². The lowest BCUT2D eigenvalue weighted by Crippen LogP contribution is -2.11. The van der Waals surface area contributed by atoms with Crippen LogP contribution in [0.1, 0.15) is 19.2 Å². The minimum absolute atomic E-state index is 0.0422. The second-order valence-corrected chi connectivity index (χ2v) is 4.93. The third-order valence-electron chi connectivity index (χ3n) is 2.90. The molecule has 0 fully saturated rings. The molecule has 1 aromatic heterocycles. The number of hydrogen-bond acceptors (Lipinski definition) is 4. The zero-order valence-corrected chi connectivity index (χ0v) is 11.3. The largest absolute Gasteiger partial charge is 0.339 e. The molecule has 2 N–H and O–H groups in total. The van der Waals surface area contributed by atoms with Crippen LogP contribution in [0, 0.1) is 11.7 Å². The van der Waals surface area contributed by atoms with E-state index in [1.165, 1.54) is 12.1 Å². The second kappa shape index (κ2) is 6.12. The molecule has 0 spiro atoms. The number of aromatic nitrogens is 2. The molecule has 0 saturated heterocycles. The minimum Gasteiger partial charge on any atom is -0.339 e. The topological polar surface area (TPSA) is 64.9 Å². The summed E-state index contributed by atoms with van der Waals surface area (Å²) in [5.41, 5.74) is 6.18. The first-order valence-electron chi connectivity index (χ1n) is 6.08. The van der Waals surface area contributed by atoms with Gasteiger partial charge in [-0.1, -0.05) is 23.7 Å². The molecule has 0 saturated carbocycles. The van der Waals surface area contributed by atoms with Gasteiger partial charge < -0.3 is 10.3 Å². The summed E-state index contributed by atoms with van der Waals surface area (Å²) >= 11 is 5.72. The van der Waals surface area contributed by atoms with Gasteiger partial charge in [-0.25, -0.2) is 4.39 Å². The van der Waals surface area contributed by atoms with Gasteiger partial charge in [0, 0.05) is 12.0 Å². The van der Waals surface area contributed by atoms with E-state index in [0.717, 1.165) is 6.42 Å². The fraction of sp³-hybridized carbons (Fsp3) is 0.385. The first-order valence-corrected chi connectivity index (χ1v) is 6.46. The maximum atomic E-state index is 13.1. The zero-order valence-electron chi connectivity index (χ0n) is 10.6. The lowest BCUT2D eigenvalue weighted by Gasteiger charge is -2.03. The van der Waals surface area contributed by atoms with E-state index in [0.29, 0.717) is 36.2 Å². The number of nitrogens with zero attached hydrogens (tertiary/aromatic N) is 2. The molecule has 2 aromatic rings. The van der Waals surface area contributed by atoms with Crippen molar-refractivity contribution >= 4 is 11.6 Å². The van der Waals surface area contributed by atoms with Crippen molar-refractivity contribution in [3.63, 3.8) is 0 Å². The number of nitrogens with two attached hydrogens (primary N) is 1. The summed E-state index contributed by atoms with van der Waals surface area (Å²) in [7, 11) is 0. The standard InChI is InChI=1S/C13H15ClFN3O/c1-8(7-16)2-5-12-17-13(18-19-12)9-3-4-11(15)10(14)6-9/h3-4,6,8H,2,5,7,16H2,1H3. The van der Waals surface area contributed by atoms with E-state index >= 15 is 0 Å². The Balaban J connectivity index is 2.09. The van der Waals surface area contributed by atoms with Crippen LogP contribution in [0.25, 0.3) is 11.4 Å². The molecule has 0 amide bonds. The SMILES string of the molecule is CC(CN)CCc1nc(-c2ccc(F)c(Cl)c2)no1. The summed E-state index contributed by atoms with van der Waals surface area (Å²) in [6.45, 7) is 2.70. The molecule has 0 bridgehead atoms. The summed E-state index contributed by atoms with van der Waals surface area (Å²) in [4.78, 5) is 4.26. The van der Waals surface area contributed by atoms with Gasteiger partial charge in [0.25, 0.3) is 0 Å². The average Bonchev–Trinajstić information content (AvgIpc) is 2.88. The Morgan fingerprint density at radius 1 is 1.47 bits per heavy atom. The maximum absolute atomic E-state index is 13.1. The second-order valence-electron chi connectivity index (χ2n) is 4.52. The van der Waals surface area contributed by atoms with Crippen molar-refractivity contribution in [3.05, 3.63) is 34.9 Å². The van der Waals surface area contributed by atoms with Crippen molar-refractivity contribution in [3.8, 4) is 11.4 Å². The number of halogens is 2. The smallest absolute Gasteiger partial charge is 0.226 e. The molecule has 102 valence electrons. The molecule has 19 heavy (non-hydrogen) atoms. The van der Waals surface area contributed by atoms with Crippen LogP contribution in [0.2, 0.25) is 5.02 Å². The molecule has 1 aromatic carbocycles. The van der Waals surface area contributed by atoms with Crippen LogP contribution in [0.4, 0.5) is 4.39 Å². The normalized spacial score (nSPS) is 12.6. The van der Waals surface area contributed by atoms with Crippen molar-refractivity contribution in [1.82, 2.24) is 10.1 Å². The molecule has 1 atom stereocenters. The van der Waals surface area contributed by atoms with E-state index < -0.39 is 5.82 Å². The quantitative estimate of drug-likeness (QED) is 0.916. The Kier molecular flexibility index (Phi) is 4.50. The van der Waals surface area contributed by atoms with E-state index in [9.17, 15) is 4.39 Å². The predicted octanol–water partition coefficient (Wildman–Crippen LogP) is 3.06. The first-order chi connectivity index (χ1) is 9.10. The third-order valence-corrected chi connectivity index (χ3v) is 3.19. The van der Waals surface area contributed by atoms with Crippen molar-refractivity contribution in [2.24, 2.45) is 11.7 Å². The third kappa shape index (κ3) is 3.52. The molecular weight excluding hydrogens is 269 g/mol. The Hall–Kier alpha value is -1.46. The van der Waals surface area contributed by atoms with Crippen LogP contribution in [0.3, 0.4) is 0 Å². The van der Waals surface area contributed by atoms with Gasteiger partial charge in [-0.15, -0.1) is 0 Å². The fourth-order valence-corrected chi connectivity index (χ4v) is 1.78. The minimum atomic E-state index is -0.467. The summed E-state index contributed by atoms with van der Waals surface area (Å²) in [6.07, 6.45) is 1.57. The van der Waals surface area contributed by atoms with Crippen LogP contribution in [-0.4, -0.2) is 16.7 Å². The average molecular weight is 284 g/mol. The van der Waals surface area contributed by atoms with Gasteiger partial charge in [0.05, 0.1) is 5.02 Å². The van der Waals surface area contributed by atoms with Crippen molar-refractivity contribution in [1.29, 1.82) is 0 Å². The van der Waals surface area contributed by atoms with Gasteiger partial charge >= 0.3 is 0 Å². The highest BCUT2D eigenvalue weighted by atomic mass is 35.5.